The van der Waals surface area contributed by atoms with Crippen LogP contribution < -0.4 is 0 Å². The Labute approximate surface area is 91.8 Å². The summed E-state index contributed by atoms with van der Waals surface area (Å²) in [7, 11) is 0. The topological polar surface area (TPSA) is 28.1 Å². The third kappa shape index (κ3) is 2.14. The van der Waals surface area contributed by atoms with Crippen molar-refractivity contribution in [2.24, 2.45) is 10.4 Å². The van der Waals surface area contributed by atoms with Gasteiger partial charge in [0.25, 0.3) is 0 Å². The Bertz CT molecular complexity index is 385. The molecule has 0 amide bonds. The summed E-state index contributed by atoms with van der Waals surface area (Å²) in [6, 6.07) is 2.66. The van der Waals surface area contributed by atoms with Crippen molar-refractivity contribution in [3.05, 3.63) is 23.5 Å². The molecule has 0 aromatic carbocycles. The van der Waals surface area contributed by atoms with Gasteiger partial charge in [-0.25, -0.2) is 0 Å². The Morgan fingerprint density at radius 3 is 2.67 bits per heavy atom. The lowest BCUT2D eigenvalue weighted by molar-refractivity contribution is 0.320. The fourth-order valence-electron chi connectivity index (χ4n) is 2.48. The van der Waals surface area contributed by atoms with E-state index in [-0.39, 0.29) is 0 Å². The minimum atomic E-state index is 0.323. The van der Waals surface area contributed by atoms with Crippen LogP contribution in [0, 0.1) is 12.3 Å². The summed E-state index contributed by atoms with van der Waals surface area (Å²) >= 11 is 0. The Hall–Kier alpha value is -1.05. The van der Waals surface area contributed by atoms with Crippen LogP contribution in [0.15, 0.2) is 17.3 Å². The van der Waals surface area contributed by atoms with Crippen LogP contribution in [0.2, 0.25) is 0 Å². The number of H-pyrrole nitrogens is 1. The molecular formula is C13H20N2. The van der Waals surface area contributed by atoms with Crippen LogP contribution in [-0.2, 0) is 6.42 Å². The second-order valence-corrected chi connectivity index (χ2v) is 5.45. The van der Waals surface area contributed by atoms with Crippen molar-refractivity contribution in [2.45, 2.75) is 46.6 Å². The van der Waals surface area contributed by atoms with Crippen molar-refractivity contribution in [1.82, 2.24) is 4.98 Å². The molecule has 1 unspecified atom stereocenters. The Morgan fingerprint density at radius 2 is 2.20 bits per heavy atom. The van der Waals surface area contributed by atoms with E-state index in [1.807, 2.05) is 0 Å². The number of aliphatic imine (C=N–C) groups is 1. The Morgan fingerprint density at radius 1 is 1.47 bits per heavy atom. The maximum atomic E-state index is 4.74. The van der Waals surface area contributed by atoms with E-state index in [4.69, 9.17) is 4.99 Å². The third-order valence-electron chi connectivity index (χ3n) is 3.29. The van der Waals surface area contributed by atoms with Gasteiger partial charge in [-0.3, -0.25) is 4.99 Å². The number of aromatic nitrogens is 1. The van der Waals surface area contributed by atoms with Crippen LogP contribution in [0.25, 0.3) is 0 Å². The molecule has 2 heterocycles. The first-order valence-corrected chi connectivity index (χ1v) is 5.64. The molecule has 1 atom stereocenters. The average molecular weight is 204 g/mol. The van der Waals surface area contributed by atoms with E-state index in [0.29, 0.717) is 11.5 Å². The Kier molecular flexibility index (Phi) is 2.45. The summed E-state index contributed by atoms with van der Waals surface area (Å²) in [6.07, 6.45) is 4.24. The maximum Gasteiger partial charge on any atom is 0.0607 e. The van der Waals surface area contributed by atoms with Crippen molar-refractivity contribution in [3.8, 4) is 0 Å². The molecule has 0 radical (unpaired) electrons. The summed E-state index contributed by atoms with van der Waals surface area (Å²) in [4.78, 5) is 8.06. The highest BCUT2D eigenvalue weighted by Gasteiger charge is 2.34. The molecule has 1 aromatic heterocycles. The van der Waals surface area contributed by atoms with Gasteiger partial charge in [-0.05, 0) is 37.3 Å². The molecule has 82 valence electrons. The number of hydrogen-bond acceptors (Lipinski definition) is 1. The van der Waals surface area contributed by atoms with Gasteiger partial charge >= 0.3 is 0 Å². The van der Waals surface area contributed by atoms with Gasteiger partial charge in [-0.1, -0.05) is 13.8 Å². The number of hydrogen-bond donors (Lipinski definition) is 1. The molecule has 1 aromatic rings. The zero-order chi connectivity index (χ0) is 11.1. The van der Waals surface area contributed by atoms with Crippen LogP contribution >= 0.6 is 0 Å². The van der Waals surface area contributed by atoms with Crippen molar-refractivity contribution in [2.75, 3.05) is 0 Å². The van der Waals surface area contributed by atoms with Gasteiger partial charge in [0, 0.05) is 24.0 Å². The van der Waals surface area contributed by atoms with Crippen molar-refractivity contribution >= 4 is 5.71 Å². The summed E-state index contributed by atoms with van der Waals surface area (Å²) in [5.41, 5.74) is 4.24. The molecule has 2 heteroatoms. The van der Waals surface area contributed by atoms with Crippen LogP contribution in [0.5, 0.6) is 0 Å². The molecule has 0 saturated carbocycles. The van der Waals surface area contributed by atoms with Crippen molar-refractivity contribution in [1.29, 1.82) is 0 Å². The third-order valence-corrected chi connectivity index (χ3v) is 3.29. The molecule has 0 aliphatic carbocycles. The van der Waals surface area contributed by atoms with Crippen LogP contribution in [0.3, 0.4) is 0 Å². The van der Waals surface area contributed by atoms with E-state index in [9.17, 15) is 0 Å². The van der Waals surface area contributed by atoms with Crippen LogP contribution in [0.4, 0.5) is 0 Å². The zero-order valence-corrected chi connectivity index (χ0v) is 10.1. The zero-order valence-electron chi connectivity index (χ0n) is 10.1. The fourth-order valence-corrected chi connectivity index (χ4v) is 2.48. The lowest BCUT2D eigenvalue weighted by Gasteiger charge is -2.24. The van der Waals surface area contributed by atoms with Gasteiger partial charge in [0.2, 0.25) is 0 Å². The number of aromatic amines is 1. The minimum absolute atomic E-state index is 0.323. The maximum absolute atomic E-state index is 4.74. The molecule has 0 saturated heterocycles. The molecule has 2 nitrogen and oxygen atoms in total. The highest BCUT2D eigenvalue weighted by Crippen LogP contribution is 2.35. The molecule has 1 aliphatic heterocycles. The van der Waals surface area contributed by atoms with Crippen LogP contribution in [0.1, 0.15) is 38.4 Å². The number of aryl methyl sites for hydroxylation is 1. The first-order chi connectivity index (χ1) is 6.97. The normalized spacial score (nSPS) is 24.3. The first kappa shape index (κ1) is 10.5. The number of nitrogens with zero attached hydrogens (tertiary/aromatic N) is 1. The monoisotopic (exact) mass is 204 g/mol. The van der Waals surface area contributed by atoms with E-state index < -0.39 is 0 Å². The molecule has 15 heavy (non-hydrogen) atoms. The molecule has 1 N–H and O–H groups in total. The molecule has 0 bridgehead atoms. The highest BCUT2D eigenvalue weighted by molar-refractivity contribution is 5.84. The van der Waals surface area contributed by atoms with Gasteiger partial charge in [0.05, 0.1) is 6.04 Å². The van der Waals surface area contributed by atoms with Crippen molar-refractivity contribution in [3.63, 3.8) is 0 Å². The summed E-state index contributed by atoms with van der Waals surface area (Å²) < 4.78 is 0. The van der Waals surface area contributed by atoms with Crippen molar-refractivity contribution < 1.29 is 0 Å². The van der Waals surface area contributed by atoms with Gasteiger partial charge in [-0.15, -0.1) is 0 Å². The minimum Gasteiger partial charge on any atom is -0.365 e. The fraction of sp³-hybridized carbons (Fsp3) is 0.615. The highest BCUT2D eigenvalue weighted by atomic mass is 14.9. The SMILES string of the molecule is CC1=NC(Cc2cc(C)c[nH]2)C(C)(C)C1. The first-order valence-electron chi connectivity index (χ1n) is 5.64. The summed E-state index contributed by atoms with van der Waals surface area (Å²) in [6.45, 7) is 8.89. The van der Waals surface area contributed by atoms with E-state index in [0.717, 1.165) is 12.8 Å². The average Bonchev–Trinajstić information content (AvgIpc) is 2.58. The Balaban J connectivity index is 2.12. The van der Waals surface area contributed by atoms with Gasteiger partial charge in [0.15, 0.2) is 0 Å². The molecule has 1 aliphatic rings. The number of nitrogens with one attached hydrogen (secondary N) is 1. The van der Waals surface area contributed by atoms with E-state index in [2.05, 4.69) is 44.9 Å². The van der Waals surface area contributed by atoms with Crippen LogP contribution in [-0.4, -0.2) is 16.7 Å². The lowest BCUT2D eigenvalue weighted by Crippen LogP contribution is -2.25. The smallest absolute Gasteiger partial charge is 0.0607 e. The number of rotatable bonds is 2. The van der Waals surface area contributed by atoms with E-state index in [1.165, 1.54) is 17.0 Å². The second kappa shape index (κ2) is 3.51. The second-order valence-electron chi connectivity index (χ2n) is 5.45. The molecule has 0 fully saturated rings. The summed E-state index contributed by atoms with van der Waals surface area (Å²) in [5, 5.41) is 0. The van der Waals surface area contributed by atoms with Gasteiger partial charge in [0.1, 0.15) is 0 Å². The van der Waals surface area contributed by atoms with Gasteiger partial charge < -0.3 is 4.98 Å². The van der Waals surface area contributed by atoms with E-state index >= 15 is 0 Å². The van der Waals surface area contributed by atoms with Gasteiger partial charge in [-0.2, -0.15) is 0 Å². The molecule has 2 rings (SSSR count). The predicted molar refractivity (Wildman–Crippen MR) is 64.5 cm³/mol. The molecule has 0 spiro atoms. The lowest BCUT2D eigenvalue weighted by atomic mass is 9.81. The standard InChI is InChI=1S/C13H20N2/c1-9-5-11(14-8-9)6-12-13(3,4)7-10(2)15-12/h5,8,12,14H,6-7H2,1-4H3. The largest absolute Gasteiger partial charge is 0.365 e. The predicted octanol–water partition coefficient (Wildman–Crippen LogP) is 3.13. The molecular weight excluding hydrogens is 184 g/mol. The van der Waals surface area contributed by atoms with E-state index in [1.54, 1.807) is 0 Å². The quantitative estimate of drug-likeness (QED) is 0.766. The summed E-state index contributed by atoms with van der Waals surface area (Å²) in [5.74, 6) is 0.